The predicted octanol–water partition coefficient (Wildman–Crippen LogP) is 4.59. The van der Waals surface area contributed by atoms with Crippen molar-refractivity contribution in [1.82, 2.24) is 0 Å². The van der Waals surface area contributed by atoms with E-state index < -0.39 is 11.6 Å². The molecule has 0 saturated heterocycles. The van der Waals surface area contributed by atoms with Crippen LogP contribution in [0.4, 0.5) is 0 Å². The first-order valence-electron chi connectivity index (χ1n) is 8.19. The predicted molar refractivity (Wildman–Crippen MR) is 103 cm³/mol. The number of hydrogen-bond donors (Lipinski definition) is 0. The van der Waals surface area contributed by atoms with Crippen molar-refractivity contribution in [3.63, 3.8) is 0 Å². The van der Waals surface area contributed by atoms with E-state index in [0.717, 1.165) is 16.5 Å². The number of hydrogen-bond acceptors (Lipinski definition) is 5. The van der Waals surface area contributed by atoms with Crippen LogP contribution < -0.4 is 10.4 Å². The third-order valence-electron chi connectivity index (χ3n) is 3.88. The second-order valence-electron chi connectivity index (χ2n) is 5.99. The Labute approximate surface area is 160 Å². The van der Waals surface area contributed by atoms with Crippen LogP contribution in [0.5, 0.6) is 5.75 Å². The van der Waals surface area contributed by atoms with Gasteiger partial charge in [0.15, 0.2) is 0 Å². The van der Waals surface area contributed by atoms with Crippen molar-refractivity contribution in [2.24, 2.45) is 0 Å². The Balaban J connectivity index is 1.66. The fraction of sp³-hybridized carbons (Fsp3) is 0.143. The number of aryl methyl sites for hydroxylation is 1. The van der Waals surface area contributed by atoms with E-state index in [0.29, 0.717) is 23.5 Å². The molecule has 0 N–H and O–H groups in total. The summed E-state index contributed by atoms with van der Waals surface area (Å²) in [5.74, 6) is 0.115. The molecule has 0 aliphatic carbocycles. The first kappa shape index (κ1) is 18.7. The largest absolute Gasteiger partial charge is 0.489 e. The topological polar surface area (TPSA) is 65.7 Å². The zero-order chi connectivity index (χ0) is 19.4. The third-order valence-corrected chi connectivity index (χ3v) is 3.99. The molecule has 0 spiro atoms. The highest BCUT2D eigenvalue weighted by molar-refractivity contribution is 6.29. The highest BCUT2D eigenvalue weighted by atomic mass is 35.5. The van der Waals surface area contributed by atoms with Gasteiger partial charge in [0.1, 0.15) is 24.5 Å². The number of esters is 1. The van der Waals surface area contributed by atoms with Gasteiger partial charge in [0, 0.05) is 22.6 Å². The standard InChI is InChI=1S/C21H17ClO5/c1-13-9-20(23)27-19-10-17(7-8-18(13)19)25-12-15-3-5-16(6-4-15)21(24)26-11-14(2)22/h3-10H,2,11-12H2,1H3. The fourth-order valence-electron chi connectivity index (χ4n) is 2.53. The Morgan fingerprint density at radius 1 is 1.15 bits per heavy atom. The van der Waals surface area contributed by atoms with Crippen molar-refractivity contribution in [3.05, 3.63) is 87.3 Å². The SMILES string of the molecule is C=C(Cl)COC(=O)c1ccc(COc2ccc3c(C)cc(=O)oc3c2)cc1. The Bertz CT molecular complexity index is 1050. The van der Waals surface area contributed by atoms with Gasteiger partial charge in [-0.05, 0) is 42.3 Å². The van der Waals surface area contributed by atoms with Crippen molar-refractivity contribution in [2.45, 2.75) is 13.5 Å². The van der Waals surface area contributed by atoms with Gasteiger partial charge in [-0.2, -0.15) is 0 Å². The van der Waals surface area contributed by atoms with Crippen LogP contribution in [-0.2, 0) is 11.3 Å². The first-order chi connectivity index (χ1) is 12.9. The molecule has 0 unspecified atom stereocenters. The van der Waals surface area contributed by atoms with Crippen LogP contribution in [0.2, 0.25) is 0 Å². The molecule has 0 amide bonds. The summed E-state index contributed by atoms with van der Waals surface area (Å²) in [4.78, 5) is 23.3. The zero-order valence-corrected chi connectivity index (χ0v) is 15.4. The third kappa shape index (κ3) is 4.77. The van der Waals surface area contributed by atoms with Crippen molar-refractivity contribution < 1.29 is 18.7 Å². The van der Waals surface area contributed by atoms with Gasteiger partial charge >= 0.3 is 11.6 Å². The fourth-order valence-corrected chi connectivity index (χ4v) is 2.58. The molecule has 1 heterocycles. The van der Waals surface area contributed by atoms with Crippen LogP contribution in [0, 0.1) is 6.92 Å². The van der Waals surface area contributed by atoms with E-state index in [9.17, 15) is 9.59 Å². The van der Waals surface area contributed by atoms with E-state index in [-0.39, 0.29) is 11.6 Å². The lowest BCUT2D eigenvalue weighted by Crippen LogP contribution is -2.06. The molecular weight excluding hydrogens is 368 g/mol. The van der Waals surface area contributed by atoms with Crippen LogP contribution >= 0.6 is 11.6 Å². The average molecular weight is 385 g/mol. The zero-order valence-electron chi connectivity index (χ0n) is 14.7. The van der Waals surface area contributed by atoms with Crippen LogP contribution in [0.15, 0.2) is 69.4 Å². The van der Waals surface area contributed by atoms with Gasteiger partial charge in [0.05, 0.1) is 5.56 Å². The average Bonchev–Trinajstić information content (AvgIpc) is 2.64. The molecule has 0 bridgehead atoms. The van der Waals surface area contributed by atoms with E-state index in [1.165, 1.54) is 6.07 Å². The number of fused-ring (bicyclic) bond motifs is 1. The van der Waals surface area contributed by atoms with Crippen molar-refractivity contribution >= 4 is 28.5 Å². The number of ether oxygens (including phenoxy) is 2. The molecule has 1 aromatic heterocycles. The normalized spacial score (nSPS) is 10.6. The van der Waals surface area contributed by atoms with Gasteiger partial charge < -0.3 is 13.9 Å². The maximum absolute atomic E-state index is 11.8. The Kier molecular flexibility index (Phi) is 5.62. The Hall–Kier alpha value is -3.05. The summed E-state index contributed by atoms with van der Waals surface area (Å²) in [7, 11) is 0. The van der Waals surface area contributed by atoms with Gasteiger partial charge in [0.25, 0.3) is 0 Å². The van der Waals surface area contributed by atoms with Crippen LogP contribution in [0.1, 0.15) is 21.5 Å². The molecule has 138 valence electrons. The van der Waals surface area contributed by atoms with Crippen LogP contribution in [0.25, 0.3) is 11.0 Å². The molecule has 3 aromatic rings. The lowest BCUT2D eigenvalue weighted by atomic mass is 10.1. The maximum Gasteiger partial charge on any atom is 0.338 e. The summed E-state index contributed by atoms with van der Waals surface area (Å²) >= 11 is 5.58. The summed E-state index contributed by atoms with van der Waals surface area (Å²) in [6.45, 7) is 5.60. The van der Waals surface area contributed by atoms with Gasteiger partial charge in [-0.25, -0.2) is 9.59 Å². The van der Waals surface area contributed by atoms with Crippen molar-refractivity contribution in [1.29, 1.82) is 0 Å². The number of carbonyl (C=O) groups is 1. The monoisotopic (exact) mass is 384 g/mol. The van der Waals surface area contributed by atoms with E-state index in [2.05, 4.69) is 6.58 Å². The van der Waals surface area contributed by atoms with Crippen molar-refractivity contribution in [2.75, 3.05) is 6.61 Å². The first-order valence-corrected chi connectivity index (χ1v) is 8.57. The number of benzene rings is 2. The summed E-state index contributed by atoms with van der Waals surface area (Å²) in [5.41, 5.74) is 2.24. The lowest BCUT2D eigenvalue weighted by molar-refractivity contribution is 0.0546. The minimum absolute atomic E-state index is 0.0250. The van der Waals surface area contributed by atoms with Gasteiger partial charge in [-0.15, -0.1) is 0 Å². The number of carbonyl (C=O) groups excluding carboxylic acids is 1. The van der Waals surface area contributed by atoms with E-state index in [1.54, 1.807) is 30.3 Å². The molecule has 3 rings (SSSR count). The molecular formula is C21H17ClO5. The molecule has 5 nitrogen and oxygen atoms in total. The van der Waals surface area contributed by atoms with E-state index in [4.69, 9.17) is 25.5 Å². The molecule has 0 fully saturated rings. The number of halogens is 1. The second kappa shape index (κ2) is 8.10. The molecule has 27 heavy (non-hydrogen) atoms. The smallest absolute Gasteiger partial charge is 0.338 e. The quantitative estimate of drug-likeness (QED) is 0.459. The molecule has 0 atom stereocenters. The summed E-state index contributed by atoms with van der Waals surface area (Å²) in [6, 6.07) is 13.7. The molecule has 0 saturated carbocycles. The van der Waals surface area contributed by atoms with Gasteiger partial charge in [-0.1, -0.05) is 30.3 Å². The molecule has 6 heteroatoms. The van der Waals surface area contributed by atoms with Crippen LogP contribution in [0.3, 0.4) is 0 Å². The highest BCUT2D eigenvalue weighted by Crippen LogP contribution is 2.23. The van der Waals surface area contributed by atoms with Gasteiger partial charge in [-0.3, -0.25) is 0 Å². The molecule has 2 aromatic carbocycles. The lowest BCUT2D eigenvalue weighted by Gasteiger charge is -2.08. The van der Waals surface area contributed by atoms with Crippen molar-refractivity contribution in [3.8, 4) is 5.75 Å². The minimum atomic E-state index is -0.468. The van der Waals surface area contributed by atoms with Crippen LogP contribution in [-0.4, -0.2) is 12.6 Å². The van der Waals surface area contributed by atoms with E-state index >= 15 is 0 Å². The number of rotatable bonds is 6. The molecule has 0 aliphatic heterocycles. The minimum Gasteiger partial charge on any atom is -0.489 e. The van der Waals surface area contributed by atoms with Gasteiger partial charge in [0.2, 0.25) is 0 Å². The highest BCUT2D eigenvalue weighted by Gasteiger charge is 2.08. The molecule has 0 radical (unpaired) electrons. The Morgan fingerprint density at radius 2 is 1.89 bits per heavy atom. The summed E-state index contributed by atoms with van der Waals surface area (Å²) < 4.78 is 15.9. The maximum atomic E-state index is 11.8. The molecule has 0 aliphatic rings. The second-order valence-corrected chi connectivity index (χ2v) is 6.52. The summed E-state index contributed by atoms with van der Waals surface area (Å²) in [6.07, 6.45) is 0. The Morgan fingerprint density at radius 3 is 2.59 bits per heavy atom. The van der Waals surface area contributed by atoms with E-state index in [1.807, 2.05) is 19.1 Å². The summed E-state index contributed by atoms with van der Waals surface area (Å²) in [5, 5.41) is 1.12.